The van der Waals surface area contributed by atoms with E-state index in [1.54, 1.807) is 0 Å². The summed E-state index contributed by atoms with van der Waals surface area (Å²) in [4.78, 5) is 21.3. The maximum absolute atomic E-state index is 11.8. The van der Waals surface area contributed by atoms with E-state index in [1.165, 1.54) is 64.2 Å². The number of ether oxygens (including phenoxy) is 1. The molecule has 37 heavy (non-hydrogen) atoms. The molecule has 5 unspecified atom stereocenters. The molecule has 0 aromatic heterocycles. The number of hydrogen-bond donors (Lipinski definition) is 3. The Kier molecular flexibility index (Phi) is 14.4. The lowest BCUT2D eigenvalue weighted by Gasteiger charge is -2.46. The molecule has 0 aromatic rings. The Morgan fingerprint density at radius 2 is 1.46 bits per heavy atom. The topological polar surface area (TPSA) is 104 Å². The minimum atomic E-state index is -0.547. The van der Waals surface area contributed by atoms with E-state index in [9.17, 15) is 14.7 Å². The normalized spacial score (nSPS) is 30.0. The van der Waals surface area contributed by atoms with E-state index in [1.807, 2.05) is 0 Å². The van der Waals surface area contributed by atoms with Crippen LogP contribution in [-0.2, 0) is 14.3 Å². The molecule has 0 saturated heterocycles. The number of aliphatic hydroxyl groups is 3. The Bertz CT molecular complexity index is 738. The van der Waals surface area contributed by atoms with Gasteiger partial charge in [0, 0.05) is 18.1 Å². The predicted octanol–water partition coefficient (Wildman–Crippen LogP) is 5.03. The Labute approximate surface area is 223 Å². The van der Waals surface area contributed by atoms with Crippen LogP contribution in [0.3, 0.4) is 0 Å². The van der Waals surface area contributed by atoms with Crippen LogP contribution in [0.25, 0.3) is 0 Å². The van der Waals surface area contributed by atoms with E-state index < -0.39 is 5.97 Å². The van der Waals surface area contributed by atoms with Crippen LogP contribution in [0.1, 0.15) is 77.0 Å². The van der Waals surface area contributed by atoms with Crippen LogP contribution in [-0.4, -0.2) is 54.0 Å². The van der Waals surface area contributed by atoms with Crippen molar-refractivity contribution in [2.45, 2.75) is 77.0 Å². The summed E-state index contributed by atoms with van der Waals surface area (Å²) >= 11 is 0. The van der Waals surface area contributed by atoms with E-state index in [-0.39, 0.29) is 43.5 Å². The molecule has 0 amide bonds. The maximum atomic E-state index is 11.8. The molecule has 210 valence electrons. The van der Waals surface area contributed by atoms with Crippen molar-refractivity contribution in [1.29, 1.82) is 0 Å². The van der Waals surface area contributed by atoms with Crippen molar-refractivity contribution in [2.24, 2.45) is 41.4 Å². The monoisotopic (exact) mass is 518 g/mol. The van der Waals surface area contributed by atoms with Crippen LogP contribution in [0.4, 0.5) is 0 Å². The molecule has 0 heterocycles. The zero-order valence-electron chi connectivity index (χ0n) is 22.7. The molecule has 0 bridgehead atoms. The second-order valence-electron chi connectivity index (χ2n) is 11.6. The summed E-state index contributed by atoms with van der Waals surface area (Å²) in [6.07, 6.45) is 18.5. The predicted molar refractivity (Wildman–Crippen MR) is 147 cm³/mol. The summed E-state index contributed by atoms with van der Waals surface area (Å²) in [6.45, 7) is 10.2. The van der Waals surface area contributed by atoms with Crippen molar-refractivity contribution in [2.75, 3.05) is 26.4 Å². The molecule has 3 aliphatic carbocycles. The maximum Gasteiger partial charge on any atom is 0.335 e. The van der Waals surface area contributed by atoms with Gasteiger partial charge in [0.05, 0.1) is 25.4 Å². The fourth-order valence-electron chi connectivity index (χ4n) is 6.84. The van der Waals surface area contributed by atoms with Gasteiger partial charge in [-0.15, -0.1) is 6.58 Å². The van der Waals surface area contributed by atoms with Gasteiger partial charge in [0.25, 0.3) is 0 Å². The summed E-state index contributed by atoms with van der Waals surface area (Å²) in [5.74, 6) is 4.31. The van der Waals surface area contributed by atoms with Gasteiger partial charge in [0.1, 0.15) is 6.29 Å². The molecule has 3 fully saturated rings. The van der Waals surface area contributed by atoms with E-state index in [2.05, 4.69) is 25.8 Å². The highest BCUT2D eigenvalue weighted by atomic mass is 16.5. The first-order chi connectivity index (χ1) is 17.9. The lowest BCUT2D eigenvalue weighted by Crippen LogP contribution is -2.37. The highest BCUT2D eigenvalue weighted by Gasteiger charge is 2.40. The lowest BCUT2D eigenvalue weighted by molar-refractivity contribution is -0.142. The van der Waals surface area contributed by atoms with Gasteiger partial charge in [-0.2, -0.15) is 0 Å². The number of rotatable bonds is 12. The average molecular weight is 519 g/mol. The van der Waals surface area contributed by atoms with Crippen molar-refractivity contribution >= 4 is 12.3 Å². The molecule has 3 N–H and O–H groups in total. The third-order valence-electron chi connectivity index (χ3n) is 9.21. The van der Waals surface area contributed by atoms with Gasteiger partial charge in [-0.1, -0.05) is 32.1 Å². The van der Waals surface area contributed by atoms with Gasteiger partial charge in [0.2, 0.25) is 0 Å². The fraction of sp³-hybridized carbons (Fsp3) is 0.742. The zero-order chi connectivity index (χ0) is 27.2. The first-order valence-electron chi connectivity index (χ1n) is 14.3. The number of aldehydes is 1. The zero-order valence-corrected chi connectivity index (χ0v) is 22.7. The summed E-state index contributed by atoms with van der Waals surface area (Å²) in [5.41, 5.74) is 0.295. The summed E-state index contributed by atoms with van der Waals surface area (Å²) in [5, 5.41) is 26.9. The first kappa shape index (κ1) is 31.5. The number of allylic oxidation sites excluding steroid dienone is 1. The van der Waals surface area contributed by atoms with Crippen molar-refractivity contribution in [1.82, 2.24) is 0 Å². The smallest absolute Gasteiger partial charge is 0.335 e. The summed E-state index contributed by atoms with van der Waals surface area (Å²) in [7, 11) is 0. The molecule has 6 nitrogen and oxygen atoms in total. The van der Waals surface area contributed by atoms with E-state index >= 15 is 0 Å². The average Bonchev–Trinajstić information content (AvgIpc) is 2.95. The standard InChI is InChI=1S/C27H44O4.C4H6O2/c1-3-4-5-20-6-8-21(9-7-20)22-10-11-24-15-25(13-12-23(24)14-22)26(17-29)18-31-27(30)19(2)16-28;1-4(2-5)3-6/h3,20-26,28-29H,1-2,4-18H2;2,6H,1,3H2. The number of hydrogen-bond acceptors (Lipinski definition) is 6. The van der Waals surface area contributed by atoms with Crippen molar-refractivity contribution in [3.8, 4) is 0 Å². The Hall–Kier alpha value is -1.76. The van der Waals surface area contributed by atoms with Crippen molar-refractivity contribution in [3.63, 3.8) is 0 Å². The number of fused-ring (bicyclic) bond motifs is 1. The largest absolute Gasteiger partial charge is 0.462 e. The highest BCUT2D eigenvalue weighted by Crippen LogP contribution is 2.50. The number of aliphatic hydroxyl groups excluding tert-OH is 3. The van der Waals surface area contributed by atoms with Crippen LogP contribution in [0, 0.1) is 41.4 Å². The minimum Gasteiger partial charge on any atom is -0.462 e. The molecule has 3 saturated carbocycles. The minimum absolute atomic E-state index is 0.0000372. The molecular weight excluding hydrogens is 468 g/mol. The third-order valence-corrected chi connectivity index (χ3v) is 9.21. The second kappa shape index (κ2) is 17.0. The summed E-state index contributed by atoms with van der Waals surface area (Å²) < 4.78 is 5.30. The van der Waals surface area contributed by atoms with E-state index in [0.717, 1.165) is 42.4 Å². The van der Waals surface area contributed by atoms with Gasteiger partial charge in [-0.25, -0.2) is 4.79 Å². The molecule has 6 heteroatoms. The number of carbonyl (C=O) groups excluding carboxylic acids is 2. The fourth-order valence-corrected chi connectivity index (χ4v) is 6.84. The van der Waals surface area contributed by atoms with Gasteiger partial charge in [-0.3, -0.25) is 4.79 Å². The molecule has 0 spiro atoms. The second-order valence-corrected chi connectivity index (χ2v) is 11.6. The van der Waals surface area contributed by atoms with Crippen LogP contribution < -0.4 is 0 Å². The van der Waals surface area contributed by atoms with Crippen LogP contribution in [0.5, 0.6) is 0 Å². The van der Waals surface area contributed by atoms with Crippen molar-refractivity contribution < 1.29 is 29.6 Å². The molecule has 3 rings (SSSR count). The van der Waals surface area contributed by atoms with Gasteiger partial charge < -0.3 is 20.1 Å². The van der Waals surface area contributed by atoms with Crippen LogP contribution in [0.15, 0.2) is 37.0 Å². The quantitative estimate of drug-likeness (QED) is 0.145. The lowest BCUT2D eigenvalue weighted by atomic mass is 9.60. The molecule has 5 atom stereocenters. The van der Waals surface area contributed by atoms with Gasteiger partial charge >= 0.3 is 5.97 Å². The van der Waals surface area contributed by atoms with Crippen molar-refractivity contribution in [3.05, 3.63) is 37.0 Å². The van der Waals surface area contributed by atoms with Gasteiger partial charge in [-0.05, 0) is 99.7 Å². The molecule has 0 radical (unpaired) electrons. The van der Waals surface area contributed by atoms with Crippen LogP contribution >= 0.6 is 0 Å². The molecule has 0 aromatic carbocycles. The van der Waals surface area contributed by atoms with Crippen LogP contribution in [0.2, 0.25) is 0 Å². The first-order valence-corrected chi connectivity index (χ1v) is 14.3. The number of esters is 1. The third kappa shape index (κ3) is 10.1. The Morgan fingerprint density at radius 1 is 0.865 bits per heavy atom. The number of carbonyl (C=O) groups is 2. The summed E-state index contributed by atoms with van der Waals surface area (Å²) in [6, 6.07) is 0. The Morgan fingerprint density at radius 3 is 2.00 bits per heavy atom. The molecule has 0 aliphatic heterocycles. The molecule has 3 aliphatic rings. The highest BCUT2D eigenvalue weighted by molar-refractivity contribution is 5.87. The Balaban J connectivity index is 0.000000717. The molecular formula is C31H50O6. The van der Waals surface area contributed by atoms with E-state index in [0.29, 0.717) is 12.2 Å². The van der Waals surface area contributed by atoms with Gasteiger partial charge in [0.15, 0.2) is 0 Å². The SMILES string of the molecule is C=C(C=O)CO.C=CCCC1CCC(C2CCC3CC(C(CO)COC(=O)C(=C)CO)CCC3C2)CC1. The van der Waals surface area contributed by atoms with E-state index in [4.69, 9.17) is 14.9 Å².